The van der Waals surface area contributed by atoms with E-state index >= 15 is 0 Å². The molecule has 0 aromatic rings. The van der Waals surface area contributed by atoms with Crippen molar-refractivity contribution < 1.29 is 29.3 Å². The fourth-order valence-corrected chi connectivity index (χ4v) is 3.35. The Bertz CT molecular complexity index is 444. The maximum atomic E-state index is 12.2. The van der Waals surface area contributed by atoms with Gasteiger partial charge in [-0.15, -0.1) is 0 Å². The van der Waals surface area contributed by atoms with Gasteiger partial charge >= 0.3 is 12.1 Å². The number of likely N-dealkylation sites (N-methyl/N-ethyl adjacent to an activating group) is 1. The van der Waals surface area contributed by atoms with Crippen LogP contribution < -0.4 is 5.32 Å². The molecule has 1 aliphatic heterocycles. The Morgan fingerprint density at radius 1 is 1.11 bits per heavy atom. The van der Waals surface area contributed by atoms with Crippen molar-refractivity contribution in [2.45, 2.75) is 83.0 Å². The van der Waals surface area contributed by atoms with Crippen LogP contribution >= 0.6 is 0 Å². The first-order valence-corrected chi connectivity index (χ1v) is 10.6. The van der Waals surface area contributed by atoms with Crippen LogP contribution in [0.1, 0.15) is 64.7 Å². The van der Waals surface area contributed by atoms with E-state index in [4.69, 9.17) is 19.7 Å². The first-order chi connectivity index (χ1) is 13.5. The second kappa shape index (κ2) is 14.6. The zero-order chi connectivity index (χ0) is 20.8. The molecule has 0 radical (unpaired) electrons. The molecule has 0 bridgehead atoms. The number of carbonyl (C=O) groups is 2. The van der Waals surface area contributed by atoms with Crippen molar-refractivity contribution in [3.63, 3.8) is 0 Å². The normalized spacial score (nSPS) is 18.2. The predicted molar refractivity (Wildman–Crippen MR) is 106 cm³/mol. The van der Waals surface area contributed by atoms with E-state index in [-0.39, 0.29) is 12.5 Å². The number of alkyl carbamates (subject to hydrolysis) is 1. The molecule has 1 saturated heterocycles. The molecule has 2 unspecified atom stereocenters. The van der Waals surface area contributed by atoms with Crippen molar-refractivity contribution in [1.29, 1.82) is 0 Å². The number of rotatable bonds is 14. The van der Waals surface area contributed by atoms with Gasteiger partial charge in [0.25, 0.3) is 0 Å². The summed E-state index contributed by atoms with van der Waals surface area (Å²) in [4.78, 5) is 26.3. The van der Waals surface area contributed by atoms with Gasteiger partial charge in [0.2, 0.25) is 0 Å². The van der Waals surface area contributed by atoms with Gasteiger partial charge in [-0.3, -0.25) is 4.79 Å². The Morgan fingerprint density at radius 2 is 1.86 bits per heavy atom. The van der Waals surface area contributed by atoms with Gasteiger partial charge in [-0.1, -0.05) is 26.2 Å². The number of aliphatic hydroxyl groups is 2. The Hall–Kier alpha value is -1.38. The second-order valence-electron chi connectivity index (χ2n) is 7.55. The van der Waals surface area contributed by atoms with Crippen molar-refractivity contribution >= 4 is 12.1 Å². The molecule has 28 heavy (non-hydrogen) atoms. The summed E-state index contributed by atoms with van der Waals surface area (Å²) in [6, 6.07) is 0.347. The monoisotopic (exact) mass is 402 g/mol. The summed E-state index contributed by atoms with van der Waals surface area (Å²) in [6.45, 7) is 2.91. The highest BCUT2D eigenvalue weighted by Gasteiger charge is 2.23. The zero-order valence-electron chi connectivity index (χ0n) is 17.4. The van der Waals surface area contributed by atoms with Gasteiger partial charge in [0.05, 0.1) is 13.2 Å². The van der Waals surface area contributed by atoms with Crippen LogP contribution in [0.25, 0.3) is 0 Å². The molecule has 3 N–H and O–H groups in total. The van der Waals surface area contributed by atoms with Gasteiger partial charge in [0, 0.05) is 19.0 Å². The number of amides is 1. The molecule has 1 heterocycles. The SMILES string of the molecule is CCCCCCC(CCC(=O)OC(CO)CO)OC(=O)NCC1CCCN1C. The summed E-state index contributed by atoms with van der Waals surface area (Å²) in [7, 11) is 2.05. The lowest BCUT2D eigenvalue weighted by Crippen LogP contribution is -2.39. The smallest absolute Gasteiger partial charge is 0.407 e. The zero-order valence-corrected chi connectivity index (χ0v) is 17.4. The topological polar surface area (TPSA) is 108 Å². The number of ether oxygens (including phenoxy) is 2. The molecular weight excluding hydrogens is 364 g/mol. The lowest BCUT2D eigenvalue weighted by molar-refractivity contribution is -0.154. The number of likely N-dealkylation sites (tertiary alicyclic amines) is 1. The molecule has 8 nitrogen and oxygen atoms in total. The van der Waals surface area contributed by atoms with Crippen molar-refractivity contribution in [1.82, 2.24) is 10.2 Å². The summed E-state index contributed by atoms with van der Waals surface area (Å²) < 4.78 is 10.5. The van der Waals surface area contributed by atoms with Crippen LogP contribution in [0.2, 0.25) is 0 Å². The highest BCUT2D eigenvalue weighted by atomic mass is 16.6. The third kappa shape index (κ3) is 10.2. The van der Waals surface area contributed by atoms with Gasteiger partial charge in [0.1, 0.15) is 12.2 Å². The number of esters is 1. The standard InChI is InChI=1S/C20H38N2O6/c1-3-4-5-6-9-17(10-11-19(25)27-18(14-23)15-24)28-20(26)21-13-16-8-7-12-22(16)2/h16-18,23-24H,3-15H2,1-2H3,(H,21,26). The van der Waals surface area contributed by atoms with E-state index < -0.39 is 31.4 Å². The molecule has 1 aliphatic rings. The van der Waals surface area contributed by atoms with E-state index in [1.54, 1.807) is 0 Å². The molecule has 1 rings (SSSR count). The number of nitrogens with one attached hydrogen (secondary N) is 1. The first-order valence-electron chi connectivity index (χ1n) is 10.6. The van der Waals surface area contributed by atoms with Crippen molar-refractivity contribution in [3.05, 3.63) is 0 Å². The third-order valence-corrected chi connectivity index (χ3v) is 5.18. The lowest BCUT2D eigenvalue weighted by atomic mass is 10.1. The average Bonchev–Trinajstić information content (AvgIpc) is 3.10. The Balaban J connectivity index is 2.41. The molecule has 8 heteroatoms. The quantitative estimate of drug-likeness (QED) is 0.300. The maximum Gasteiger partial charge on any atom is 0.407 e. The van der Waals surface area contributed by atoms with Gasteiger partial charge in [0.15, 0.2) is 0 Å². The molecule has 0 aromatic heterocycles. The molecule has 0 aromatic carbocycles. The van der Waals surface area contributed by atoms with Crippen LogP contribution in [0.5, 0.6) is 0 Å². The van der Waals surface area contributed by atoms with Crippen LogP contribution in [-0.4, -0.2) is 78.8 Å². The van der Waals surface area contributed by atoms with Crippen LogP contribution in [0.4, 0.5) is 4.79 Å². The number of carbonyl (C=O) groups excluding carboxylic acids is 2. The highest BCUT2D eigenvalue weighted by molar-refractivity contribution is 5.70. The van der Waals surface area contributed by atoms with Crippen LogP contribution in [0, 0.1) is 0 Å². The molecular formula is C20H38N2O6. The minimum absolute atomic E-state index is 0.0770. The van der Waals surface area contributed by atoms with Gasteiger partial charge < -0.3 is 29.9 Å². The fourth-order valence-electron chi connectivity index (χ4n) is 3.35. The van der Waals surface area contributed by atoms with E-state index in [9.17, 15) is 9.59 Å². The number of nitrogens with zero attached hydrogens (tertiary/aromatic N) is 1. The minimum atomic E-state index is -0.900. The third-order valence-electron chi connectivity index (χ3n) is 5.18. The summed E-state index contributed by atoms with van der Waals surface area (Å²) >= 11 is 0. The van der Waals surface area contributed by atoms with E-state index in [0.29, 0.717) is 25.4 Å². The van der Waals surface area contributed by atoms with E-state index in [1.165, 1.54) is 0 Å². The van der Waals surface area contributed by atoms with Crippen molar-refractivity contribution in [3.8, 4) is 0 Å². The second-order valence-corrected chi connectivity index (χ2v) is 7.55. The van der Waals surface area contributed by atoms with Crippen LogP contribution in [0.3, 0.4) is 0 Å². The largest absolute Gasteiger partial charge is 0.457 e. The Labute approximate surface area is 168 Å². The summed E-state index contributed by atoms with van der Waals surface area (Å²) in [5.41, 5.74) is 0. The average molecular weight is 403 g/mol. The van der Waals surface area contributed by atoms with Gasteiger partial charge in [-0.05, 0) is 45.7 Å². The van der Waals surface area contributed by atoms with E-state index in [1.807, 2.05) is 0 Å². The van der Waals surface area contributed by atoms with Crippen molar-refractivity contribution in [2.75, 3.05) is 33.4 Å². The number of hydrogen-bond acceptors (Lipinski definition) is 7. The molecule has 0 aliphatic carbocycles. The van der Waals surface area contributed by atoms with Crippen LogP contribution in [0.15, 0.2) is 0 Å². The Kier molecular flexibility index (Phi) is 12.9. The number of hydrogen-bond donors (Lipinski definition) is 3. The number of aliphatic hydroxyl groups excluding tert-OH is 2. The summed E-state index contributed by atoms with van der Waals surface area (Å²) in [5.74, 6) is -0.511. The fraction of sp³-hybridized carbons (Fsp3) is 0.900. The maximum absolute atomic E-state index is 12.2. The van der Waals surface area contributed by atoms with Gasteiger partial charge in [-0.25, -0.2) is 4.79 Å². The molecule has 1 amide bonds. The molecule has 164 valence electrons. The summed E-state index contributed by atoms with van der Waals surface area (Å²) in [5, 5.41) is 20.8. The minimum Gasteiger partial charge on any atom is -0.457 e. The predicted octanol–water partition coefficient (Wildman–Crippen LogP) is 1.82. The van der Waals surface area contributed by atoms with E-state index in [2.05, 4.69) is 24.2 Å². The summed E-state index contributed by atoms with van der Waals surface area (Å²) in [6.07, 6.45) is 5.90. The van der Waals surface area contributed by atoms with Gasteiger partial charge in [-0.2, -0.15) is 0 Å². The highest BCUT2D eigenvalue weighted by Crippen LogP contribution is 2.16. The number of unbranched alkanes of at least 4 members (excludes halogenated alkanes) is 3. The first kappa shape index (κ1) is 24.7. The Morgan fingerprint density at radius 3 is 2.46 bits per heavy atom. The van der Waals surface area contributed by atoms with Crippen LogP contribution in [-0.2, 0) is 14.3 Å². The molecule has 2 atom stereocenters. The molecule has 0 saturated carbocycles. The van der Waals surface area contributed by atoms with E-state index in [0.717, 1.165) is 45.1 Å². The molecule has 1 fully saturated rings. The van der Waals surface area contributed by atoms with Crippen molar-refractivity contribution in [2.24, 2.45) is 0 Å². The molecule has 0 spiro atoms. The lowest BCUT2D eigenvalue weighted by Gasteiger charge is -2.22.